The minimum Gasteiger partial charge on any atom is -0.377 e. The number of nitrogens with one attached hydrogen (secondary N) is 1. The van der Waals surface area contributed by atoms with Crippen molar-refractivity contribution in [1.29, 1.82) is 0 Å². The first-order chi connectivity index (χ1) is 21.3. The summed E-state index contributed by atoms with van der Waals surface area (Å²) < 4.78 is 2.36. The number of hydrogen-bond donors (Lipinski definition) is 1. The molecule has 3 heteroatoms. The molecule has 0 saturated carbocycles. The molecule has 0 fully saturated rings. The number of nitrogens with zero attached hydrogens (tertiary/aromatic N) is 2. The van der Waals surface area contributed by atoms with Gasteiger partial charge >= 0.3 is 0 Å². The molecular weight excluding hydrogens is 522 g/mol. The average molecular weight is 550 g/mol. The van der Waals surface area contributed by atoms with Crippen molar-refractivity contribution in [1.82, 2.24) is 4.57 Å². The molecule has 0 bridgehead atoms. The van der Waals surface area contributed by atoms with E-state index in [0.29, 0.717) is 6.54 Å². The summed E-state index contributed by atoms with van der Waals surface area (Å²) in [7, 11) is 0. The van der Waals surface area contributed by atoms with E-state index >= 15 is 0 Å². The lowest BCUT2D eigenvalue weighted by molar-refractivity contribution is 1.18. The number of rotatable bonds is 3. The highest BCUT2D eigenvalue weighted by Crippen LogP contribution is 2.44. The van der Waals surface area contributed by atoms with E-state index in [4.69, 9.17) is 4.99 Å². The molecule has 3 nitrogen and oxygen atoms in total. The van der Waals surface area contributed by atoms with Crippen molar-refractivity contribution in [2.45, 2.75) is 0 Å². The van der Waals surface area contributed by atoms with Crippen LogP contribution in [0.2, 0.25) is 0 Å². The molecule has 1 aromatic heterocycles. The molecule has 0 amide bonds. The van der Waals surface area contributed by atoms with Gasteiger partial charge in [0.2, 0.25) is 0 Å². The zero-order chi connectivity index (χ0) is 28.3. The minimum atomic E-state index is 0.694. The lowest BCUT2D eigenvalue weighted by Crippen LogP contribution is -2.19. The average Bonchev–Trinajstić information content (AvgIpc) is 3.42. The number of para-hydroxylation sites is 2. The van der Waals surface area contributed by atoms with Gasteiger partial charge in [-0.05, 0) is 57.8 Å². The summed E-state index contributed by atoms with van der Waals surface area (Å²) in [5.74, 6) is 0. The van der Waals surface area contributed by atoms with Crippen molar-refractivity contribution in [3.05, 3.63) is 151 Å². The molecule has 1 aliphatic heterocycles. The van der Waals surface area contributed by atoms with Gasteiger partial charge in [0.1, 0.15) is 0 Å². The van der Waals surface area contributed by atoms with Crippen LogP contribution < -0.4 is 5.32 Å². The maximum absolute atomic E-state index is 5.25. The first kappa shape index (κ1) is 24.0. The first-order valence-corrected chi connectivity index (χ1v) is 14.8. The summed E-state index contributed by atoms with van der Waals surface area (Å²) in [6.07, 6.45) is 0. The van der Waals surface area contributed by atoms with Crippen LogP contribution in [0.3, 0.4) is 0 Å². The van der Waals surface area contributed by atoms with Crippen LogP contribution >= 0.6 is 0 Å². The SMILES string of the molecule is c1ccc(-n2c3ccccc3c3cc(-c4ccc(C5=Nc6c(c7ccccc7c7ccccc67)NC5)cc4)ccc32)cc1. The molecule has 43 heavy (non-hydrogen) atoms. The van der Waals surface area contributed by atoms with E-state index in [-0.39, 0.29) is 0 Å². The zero-order valence-corrected chi connectivity index (χ0v) is 23.5. The Labute approximate surface area is 249 Å². The molecule has 0 radical (unpaired) electrons. The molecule has 0 spiro atoms. The van der Waals surface area contributed by atoms with Crippen molar-refractivity contribution < 1.29 is 0 Å². The Morgan fingerprint density at radius 2 is 1.05 bits per heavy atom. The minimum absolute atomic E-state index is 0.694. The Morgan fingerprint density at radius 3 is 1.84 bits per heavy atom. The number of fused-ring (bicyclic) bond motifs is 9. The van der Waals surface area contributed by atoms with Crippen molar-refractivity contribution >= 4 is 60.4 Å². The Kier molecular flexibility index (Phi) is 5.26. The van der Waals surface area contributed by atoms with Gasteiger partial charge in [-0.2, -0.15) is 0 Å². The maximum Gasteiger partial charge on any atom is 0.0950 e. The third-order valence-electron chi connectivity index (χ3n) is 8.82. The fraction of sp³-hybridized carbons (Fsp3) is 0.0250. The molecule has 202 valence electrons. The van der Waals surface area contributed by atoms with Gasteiger partial charge in [0.15, 0.2) is 0 Å². The monoisotopic (exact) mass is 549 g/mol. The molecule has 1 N–H and O–H groups in total. The third kappa shape index (κ3) is 3.72. The van der Waals surface area contributed by atoms with Crippen LogP contribution in [0.1, 0.15) is 5.56 Å². The van der Waals surface area contributed by atoms with Crippen molar-refractivity contribution in [2.75, 3.05) is 11.9 Å². The highest BCUT2D eigenvalue weighted by Gasteiger charge is 2.19. The van der Waals surface area contributed by atoms with Crippen molar-refractivity contribution in [3.63, 3.8) is 0 Å². The number of aliphatic imine (C=N–C) groups is 1. The van der Waals surface area contributed by atoms with Gasteiger partial charge in [-0.3, -0.25) is 0 Å². The second-order valence-corrected chi connectivity index (χ2v) is 11.2. The van der Waals surface area contributed by atoms with E-state index in [0.717, 1.165) is 22.6 Å². The Balaban J connectivity index is 1.13. The van der Waals surface area contributed by atoms with Gasteiger partial charge in [-0.15, -0.1) is 0 Å². The fourth-order valence-corrected chi connectivity index (χ4v) is 6.79. The summed E-state index contributed by atoms with van der Waals surface area (Å²) in [5, 5.41) is 11.1. The third-order valence-corrected chi connectivity index (χ3v) is 8.82. The van der Waals surface area contributed by atoms with Gasteiger partial charge in [0.05, 0.1) is 34.7 Å². The molecule has 0 aliphatic carbocycles. The maximum atomic E-state index is 5.25. The summed E-state index contributed by atoms with van der Waals surface area (Å²) in [4.78, 5) is 5.25. The lowest BCUT2D eigenvalue weighted by atomic mass is 9.96. The van der Waals surface area contributed by atoms with Crippen LogP contribution in [0, 0.1) is 0 Å². The summed E-state index contributed by atoms with van der Waals surface area (Å²) in [5.41, 5.74) is 10.4. The van der Waals surface area contributed by atoms with E-state index in [9.17, 15) is 0 Å². The van der Waals surface area contributed by atoms with E-state index in [1.165, 1.54) is 60.2 Å². The molecular formula is C40H27N3. The van der Waals surface area contributed by atoms with E-state index in [1.807, 2.05) is 0 Å². The van der Waals surface area contributed by atoms with Crippen LogP contribution in [-0.4, -0.2) is 16.8 Å². The quantitative estimate of drug-likeness (QED) is 0.218. The molecule has 0 saturated heterocycles. The van der Waals surface area contributed by atoms with Gasteiger partial charge in [-0.1, -0.05) is 115 Å². The summed E-state index contributed by atoms with van der Waals surface area (Å²) in [6, 6.07) is 52.2. The van der Waals surface area contributed by atoms with Gasteiger partial charge in [0.25, 0.3) is 0 Å². The number of hydrogen-bond acceptors (Lipinski definition) is 2. The second kappa shape index (κ2) is 9.43. The Hall–Kier alpha value is -5.67. The Bertz CT molecular complexity index is 2380. The number of benzene rings is 7. The molecule has 1 aliphatic rings. The van der Waals surface area contributed by atoms with Crippen LogP contribution in [0.5, 0.6) is 0 Å². The molecule has 9 rings (SSSR count). The zero-order valence-electron chi connectivity index (χ0n) is 23.5. The highest BCUT2D eigenvalue weighted by molar-refractivity contribution is 6.22. The van der Waals surface area contributed by atoms with Crippen LogP contribution in [0.25, 0.3) is 60.2 Å². The standard InChI is InChI=1S/C40H27N3/c1-2-10-29(11-3-1)43-37-17-9-8-14-32(37)35-24-28(22-23-38(35)43)26-18-20-27(21-19-26)36-25-41-39-33-15-6-4-12-30(33)31-13-5-7-16-34(31)40(39)42-36/h1-24,41H,25H2. The predicted octanol–water partition coefficient (Wildman–Crippen LogP) is 10.3. The van der Waals surface area contributed by atoms with Crippen molar-refractivity contribution in [3.8, 4) is 16.8 Å². The lowest BCUT2D eigenvalue weighted by Gasteiger charge is -2.22. The molecule has 7 aromatic carbocycles. The summed E-state index contributed by atoms with van der Waals surface area (Å²) >= 11 is 0. The molecule has 8 aromatic rings. The fourth-order valence-electron chi connectivity index (χ4n) is 6.79. The van der Waals surface area contributed by atoms with Crippen LogP contribution in [0.4, 0.5) is 11.4 Å². The predicted molar refractivity (Wildman–Crippen MR) is 182 cm³/mol. The molecule has 2 heterocycles. The van der Waals surface area contributed by atoms with Gasteiger partial charge in [-0.25, -0.2) is 4.99 Å². The molecule has 0 atom stereocenters. The Morgan fingerprint density at radius 1 is 0.465 bits per heavy atom. The van der Waals surface area contributed by atoms with Crippen LogP contribution in [0.15, 0.2) is 151 Å². The van der Waals surface area contributed by atoms with E-state index < -0.39 is 0 Å². The molecule has 0 unspecified atom stereocenters. The smallest absolute Gasteiger partial charge is 0.0950 e. The normalized spacial score (nSPS) is 12.9. The van der Waals surface area contributed by atoms with Gasteiger partial charge in [0, 0.05) is 27.2 Å². The number of aromatic nitrogens is 1. The summed E-state index contributed by atoms with van der Waals surface area (Å²) in [6.45, 7) is 0.694. The van der Waals surface area contributed by atoms with E-state index in [2.05, 4.69) is 155 Å². The first-order valence-electron chi connectivity index (χ1n) is 14.8. The van der Waals surface area contributed by atoms with Crippen molar-refractivity contribution in [2.24, 2.45) is 4.99 Å². The van der Waals surface area contributed by atoms with E-state index in [1.54, 1.807) is 0 Å². The highest BCUT2D eigenvalue weighted by atomic mass is 15.0. The number of anilines is 1. The second-order valence-electron chi connectivity index (χ2n) is 11.2. The topological polar surface area (TPSA) is 29.3 Å². The van der Waals surface area contributed by atoms with Crippen LogP contribution in [-0.2, 0) is 0 Å². The van der Waals surface area contributed by atoms with Gasteiger partial charge < -0.3 is 9.88 Å². The largest absolute Gasteiger partial charge is 0.377 e.